The molecule has 0 fully saturated rings. The highest BCUT2D eigenvalue weighted by molar-refractivity contribution is 6.39. The molecule has 0 radical (unpaired) electrons. The molecular weight excluding hydrogens is 406 g/mol. The van der Waals surface area contributed by atoms with Crippen molar-refractivity contribution in [3.8, 4) is 0 Å². The van der Waals surface area contributed by atoms with E-state index < -0.39 is 0 Å². The molecule has 3 aromatic rings. The molecule has 0 unspecified atom stereocenters. The van der Waals surface area contributed by atoms with Gasteiger partial charge in [-0.1, -0.05) is 36.4 Å². The van der Waals surface area contributed by atoms with Crippen LogP contribution in [0, 0.1) is 0 Å². The van der Waals surface area contributed by atoms with Gasteiger partial charge in [0, 0.05) is 0 Å². The number of benzene rings is 2. The monoisotopic (exact) mass is 418 g/mol. The Morgan fingerprint density at radius 1 is 1.05 bits per heavy atom. The van der Waals surface area contributed by atoms with Crippen LogP contribution in [-0.4, -0.2) is 4.57 Å². The van der Waals surface area contributed by atoms with E-state index in [2.05, 4.69) is 30.3 Å². The number of hydrogen-bond donors (Lipinski definition) is 0. The summed E-state index contributed by atoms with van der Waals surface area (Å²) in [6, 6.07) is 14.7. The molecular formula is C15H13Cl2IN2. The maximum atomic E-state index is 6.19. The number of hydrogen-bond acceptors (Lipinski definition) is 0. The molecule has 1 aromatic heterocycles. The molecule has 5 heteroatoms. The second-order valence-corrected chi connectivity index (χ2v) is 5.33. The van der Waals surface area contributed by atoms with Gasteiger partial charge < -0.3 is 24.0 Å². The largest absolute Gasteiger partial charge is 1.00 e. The first-order valence-corrected chi connectivity index (χ1v) is 6.78. The molecule has 0 amide bonds. The molecule has 0 aliphatic rings. The average Bonchev–Trinajstić information content (AvgIpc) is 2.66. The molecule has 1 heterocycles. The Labute approximate surface area is 144 Å². The molecule has 0 bridgehead atoms. The average molecular weight is 419 g/mol. The van der Waals surface area contributed by atoms with Crippen LogP contribution in [0.2, 0.25) is 10.3 Å². The first-order chi connectivity index (χ1) is 9.15. The van der Waals surface area contributed by atoms with Gasteiger partial charge in [-0.15, -0.1) is 0 Å². The first-order valence-electron chi connectivity index (χ1n) is 6.02. The Kier molecular flexibility index (Phi) is 4.94. The van der Waals surface area contributed by atoms with E-state index in [1.807, 2.05) is 34.6 Å². The third kappa shape index (κ3) is 2.95. The fourth-order valence-corrected chi connectivity index (χ4v) is 2.61. The summed E-state index contributed by atoms with van der Waals surface area (Å²) in [5, 5.41) is 3.60. The SMILES string of the molecule is Cn1c[n+](Cc2ccc3ccccc3c2)c(Cl)c1Cl.[I-]. The molecule has 3 rings (SSSR count). The van der Waals surface area contributed by atoms with Gasteiger partial charge >= 0.3 is 0 Å². The van der Waals surface area contributed by atoms with Crippen LogP contribution < -0.4 is 28.5 Å². The van der Waals surface area contributed by atoms with E-state index in [0.717, 1.165) is 0 Å². The number of halogens is 3. The summed E-state index contributed by atoms with van der Waals surface area (Å²) in [5.74, 6) is 0. The lowest BCUT2D eigenvalue weighted by atomic mass is 10.1. The Morgan fingerprint density at radius 3 is 2.40 bits per heavy atom. The van der Waals surface area contributed by atoms with Gasteiger partial charge in [-0.2, -0.15) is 0 Å². The van der Waals surface area contributed by atoms with Gasteiger partial charge in [0.1, 0.15) is 6.54 Å². The minimum atomic E-state index is 0. The van der Waals surface area contributed by atoms with Crippen LogP contribution in [0.3, 0.4) is 0 Å². The third-order valence-electron chi connectivity index (χ3n) is 3.21. The predicted molar refractivity (Wildman–Crippen MR) is 78.7 cm³/mol. The van der Waals surface area contributed by atoms with Crippen molar-refractivity contribution in [2.75, 3.05) is 0 Å². The normalized spacial score (nSPS) is 10.6. The van der Waals surface area contributed by atoms with E-state index in [-0.39, 0.29) is 24.0 Å². The van der Waals surface area contributed by atoms with Gasteiger partial charge in [-0.3, -0.25) is 0 Å². The standard InChI is InChI=1S/C15H13Cl2N2.HI/c1-18-10-19(15(17)14(18)16)9-11-6-7-12-4-2-3-5-13(12)8-11;/h2-8,10H,9H2,1H3;1H/q+1;/p-1. The lowest BCUT2D eigenvalue weighted by Gasteiger charge is -2.02. The van der Waals surface area contributed by atoms with Crippen LogP contribution in [0.25, 0.3) is 10.8 Å². The van der Waals surface area contributed by atoms with Crippen molar-refractivity contribution in [3.05, 3.63) is 64.7 Å². The fourth-order valence-electron chi connectivity index (χ4n) is 2.22. The summed E-state index contributed by atoms with van der Waals surface area (Å²) >= 11 is 12.3. The van der Waals surface area contributed by atoms with Crippen molar-refractivity contribution in [2.45, 2.75) is 6.54 Å². The minimum Gasteiger partial charge on any atom is -1.00 e. The smallest absolute Gasteiger partial charge is 0.255 e. The van der Waals surface area contributed by atoms with Crippen molar-refractivity contribution >= 4 is 34.0 Å². The Balaban J connectivity index is 0.00000147. The van der Waals surface area contributed by atoms with Crippen molar-refractivity contribution in [3.63, 3.8) is 0 Å². The van der Waals surface area contributed by atoms with Crippen molar-refractivity contribution in [1.82, 2.24) is 4.57 Å². The lowest BCUT2D eigenvalue weighted by Crippen LogP contribution is -3.00. The fraction of sp³-hybridized carbons (Fsp3) is 0.133. The summed E-state index contributed by atoms with van der Waals surface area (Å²) in [7, 11) is 1.88. The van der Waals surface area contributed by atoms with E-state index in [9.17, 15) is 0 Å². The number of aromatic nitrogens is 2. The Hall–Kier alpha value is -0.780. The quantitative estimate of drug-likeness (QED) is 0.430. The number of fused-ring (bicyclic) bond motifs is 1. The van der Waals surface area contributed by atoms with Crippen molar-refractivity contribution in [2.24, 2.45) is 7.05 Å². The molecule has 0 saturated heterocycles. The summed E-state index contributed by atoms with van der Waals surface area (Å²) in [6.07, 6.45) is 1.90. The van der Waals surface area contributed by atoms with Gasteiger partial charge in [0.25, 0.3) is 10.3 Å². The number of imidazole rings is 1. The Bertz CT molecular complexity index is 753. The minimum absolute atomic E-state index is 0. The van der Waals surface area contributed by atoms with Gasteiger partial charge in [0.15, 0.2) is 0 Å². The number of aryl methyl sites for hydroxylation is 1. The second kappa shape index (κ2) is 6.33. The maximum absolute atomic E-state index is 6.19. The van der Waals surface area contributed by atoms with Gasteiger partial charge in [-0.25, -0.2) is 9.13 Å². The number of rotatable bonds is 2. The van der Waals surface area contributed by atoms with E-state index in [1.54, 1.807) is 0 Å². The highest BCUT2D eigenvalue weighted by Gasteiger charge is 2.17. The zero-order valence-electron chi connectivity index (χ0n) is 10.9. The van der Waals surface area contributed by atoms with Gasteiger partial charge in [0.2, 0.25) is 6.33 Å². The highest BCUT2D eigenvalue weighted by atomic mass is 127. The molecule has 20 heavy (non-hydrogen) atoms. The zero-order chi connectivity index (χ0) is 13.4. The Morgan fingerprint density at radius 2 is 1.75 bits per heavy atom. The zero-order valence-corrected chi connectivity index (χ0v) is 14.5. The van der Waals surface area contributed by atoms with Crippen LogP contribution in [0.15, 0.2) is 48.8 Å². The summed E-state index contributed by atoms with van der Waals surface area (Å²) in [6.45, 7) is 0.713. The molecule has 0 saturated carbocycles. The van der Waals surface area contributed by atoms with Crippen LogP contribution in [-0.2, 0) is 13.6 Å². The van der Waals surface area contributed by atoms with Crippen LogP contribution in [0.1, 0.15) is 5.56 Å². The molecule has 0 N–H and O–H groups in total. The lowest BCUT2D eigenvalue weighted by molar-refractivity contribution is -0.685. The van der Waals surface area contributed by atoms with Crippen LogP contribution >= 0.6 is 23.2 Å². The van der Waals surface area contributed by atoms with Crippen LogP contribution in [0.5, 0.6) is 0 Å². The van der Waals surface area contributed by atoms with Gasteiger partial charge in [-0.05, 0) is 45.6 Å². The molecule has 0 aliphatic carbocycles. The molecule has 2 aromatic carbocycles. The molecule has 0 aliphatic heterocycles. The first kappa shape index (κ1) is 15.6. The summed E-state index contributed by atoms with van der Waals surface area (Å²) < 4.78 is 3.75. The third-order valence-corrected chi connectivity index (χ3v) is 4.15. The second-order valence-electron chi connectivity index (χ2n) is 4.62. The van der Waals surface area contributed by atoms with Gasteiger partial charge in [0.05, 0.1) is 7.05 Å². The predicted octanol–water partition coefficient (Wildman–Crippen LogP) is 0.825. The maximum Gasteiger partial charge on any atom is 0.255 e. The van der Waals surface area contributed by atoms with E-state index >= 15 is 0 Å². The summed E-state index contributed by atoms with van der Waals surface area (Å²) in [5.41, 5.74) is 1.20. The van der Waals surface area contributed by atoms with Crippen LogP contribution in [0.4, 0.5) is 0 Å². The van der Waals surface area contributed by atoms with E-state index in [0.29, 0.717) is 16.9 Å². The molecule has 2 nitrogen and oxygen atoms in total. The molecule has 0 atom stereocenters. The van der Waals surface area contributed by atoms with E-state index in [1.165, 1.54) is 16.3 Å². The highest BCUT2D eigenvalue weighted by Crippen LogP contribution is 2.19. The topological polar surface area (TPSA) is 8.81 Å². The van der Waals surface area contributed by atoms with Crippen molar-refractivity contribution < 1.29 is 28.5 Å². The van der Waals surface area contributed by atoms with E-state index in [4.69, 9.17) is 23.2 Å². The van der Waals surface area contributed by atoms with Crippen molar-refractivity contribution in [1.29, 1.82) is 0 Å². The molecule has 0 spiro atoms. The number of nitrogens with zero attached hydrogens (tertiary/aromatic N) is 2. The summed E-state index contributed by atoms with van der Waals surface area (Å²) in [4.78, 5) is 0. The molecule has 104 valence electrons.